The molecule has 2 rings (SSSR count). The van der Waals surface area contributed by atoms with Crippen LogP contribution in [0.2, 0.25) is 0 Å². The highest BCUT2D eigenvalue weighted by Crippen LogP contribution is 2.23. The van der Waals surface area contributed by atoms with E-state index in [4.69, 9.17) is 4.74 Å². The van der Waals surface area contributed by atoms with Gasteiger partial charge in [-0.25, -0.2) is 0 Å². The van der Waals surface area contributed by atoms with E-state index in [0.717, 1.165) is 13.0 Å². The third-order valence-corrected chi connectivity index (χ3v) is 3.88. The Bertz CT molecular complexity index is 341. The number of rotatable bonds is 5. The highest BCUT2D eigenvalue weighted by Gasteiger charge is 2.16. The van der Waals surface area contributed by atoms with Gasteiger partial charge in [0.25, 0.3) is 0 Å². The minimum Gasteiger partial charge on any atom is -0.378 e. The molecule has 1 aliphatic rings. The third kappa shape index (κ3) is 3.82. The minimum absolute atomic E-state index is 0.455. The second-order valence-electron chi connectivity index (χ2n) is 5.32. The van der Waals surface area contributed by atoms with Gasteiger partial charge in [0.05, 0.1) is 6.10 Å². The molecule has 100 valence electrons. The first-order valence-corrected chi connectivity index (χ1v) is 7.15. The van der Waals surface area contributed by atoms with E-state index in [1.807, 2.05) is 7.05 Å². The summed E-state index contributed by atoms with van der Waals surface area (Å²) in [7, 11) is 2.05. The summed E-state index contributed by atoms with van der Waals surface area (Å²) in [4.78, 5) is 0. The van der Waals surface area contributed by atoms with Crippen LogP contribution in [0.25, 0.3) is 0 Å². The van der Waals surface area contributed by atoms with Crippen LogP contribution in [-0.2, 0) is 4.74 Å². The van der Waals surface area contributed by atoms with Crippen LogP contribution in [0.5, 0.6) is 0 Å². The molecule has 2 heteroatoms. The van der Waals surface area contributed by atoms with Crippen molar-refractivity contribution in [3.05, 3.63) is 35.4 Å². The molecule has 0 aliphatic carbocycles. The molecule has 2 atom stereocenters. The summed E-state index contributed by atoms with van der Waals surface area (Å²) in [6.45, 7) is 3.09. The van der Waals surface area contributed by atoms with Crippen molar-refractivity contribution in [1.29, 1.82) is 0 Å². The molecule has 0 radical (unpaired) electrons. The van der Waals surface area contributed by atoms with E-state index in [2.05, 4.69) is 36.5 Å². The topological polar surface area (TPSA) is 21.3 Å². The lowest BCUT2D eigenvalue weighted by Gasteiger charge is -2.25. The lowest BCUT2D eigenvalue weighted by molar-refractivity contribution is 0.00866. The van der Waals surface area contributed by atoms with E-state index in [9.17, 15) is 0 Å². The lowest BCUT2D eigenvalue weighted by atomic mass is 9.97. The molecule has 0 bridgehead atoms. The fourth-order valence-corrected chi connectivity index (χ4v) is 2.66. The Labute approximate surface area is 111 Å². The fraction of sp³-hybridized carbons (Fsp3) is 0.625. The molecule has 2 nitrogen and oxygen atoms in total. The average Bonchev–Trinajstić information content (AvgIpc) is 2.42. The van der Waals surface area contributed by atoms with Crippen molar-refractivity contribution in [3.8, 4) is 0 Å². The Morgan fingerprint density at radius 2 is 2.06 bits per heavy atom. The zero-order valence-electron chi connectivity index (χ0n) is 11.6. The quantitative estimate of drug-likeness (QED) is 0.858. The van der Waals surface area contributed by atoms with Crippen LogP contribution in [0.4, 0.5) is 0 Å². The molecule has 2 unspecified atom stereocenters. The summed E-state index contributed by atoms with van der Waals surface area (Å²) in [6.07, 6.45) is 6.62. The fourth-order valence-electron chi connectivity index (χ4n) is 2.66. The van der Waals surface area contributed by atoms with Gasteiger partial charge in [0, 0.05) is 12.6 Å². The number of hydrogen-bond acceptors (Lipinski definition) is 2. The Kier molecular flexibility index (Phi) is 5.21. The third-order valence-electron chi connectivity index (χ3n) is 3.88. The van der Waals surface area contributed by atoms with Gasteiger partial charge >= 0.3 is 0 Å². The summed E-state index contributed by atoms with van der Waals surface area (Å²) in [5.41, 5.74) is 2.71. The monoisotopic (exact) mass is 247 g/mol. The second-order valence-corrected chi connectivity index (χ2v) is 5.32. The number of nitrogens with one attached hydrogen (secondary N) is 1. The molecule has 1 N–H and O–H groups in total. The maximum absolute atomic E-state index is 5.80. The van der Waals surface area contributed by atoms with Crippen molar-refractivity contribution < 1.29 is 4.74 Å². The number of benzene rings is 1. The van der Waals surface area contributed by atoms with E-state index in [1.165, 1.54) is 36.8 Å². The van der Waals surface area contributed by atoms with Crippen molar-refractivity contribution in [2.45, 2.75) is 51.2 Å². The van der Waals surface area contributed by atoms with Gasteiger partial charge in [-0.05, 0) is 51.6 Å². The zero-order valence-corrected chi connectivity index (χ0v) is 11.6. The molecule has 1 saturated heterocycles. The number of hydrogen-bond donors (Lipinski definition) is 1. The number of ether oxygens (including phenoxy) is 1. The van der Waals surface area contributed by atoms with Crippen molar-refractivity contribution in [1.82, 2.24) is 5.32 Å². The van der Waals surface area contributed by atoms with Gasteiger partial charge < -0.3 is 10.1 Å². The SMILES string of the molecule is CNC(CCC1CCCCO1)c1ccc(C)cc1. The van der Waals surface area contributed by atoms with Crippen LogP contribution in [0, 0.1) is 6.92 Å². The van der Waals surface area contributed by atoms with Crippen LogP contribution in [0.3, 0.4) is 0 Å². The summed E-state index contributed by atoms with van der Waals surface area (Å²) in [5.74, 6) is 0. The Morgan fingerprint density at radius 1 is 1.28 bits per heavy atom. The van der Waals surface area contributed by atoms with Gasteiger partial charge in [-0.15, -0.1) is 0 Å². The molecule has 1 fully saturated rings. The molecule has 1 aliphatic heterocycles. The van der Waals surface area contributed by atoms with Crippen LogP contribution >= 0.6 is 0 Å². The standard InChI is InChI=1S/C16H25NO/c1-13-6-8-14(9-7-13)16(17-2)11-10-15-5-3-4-12-18-15/h6-9,15-17H,3-5,10-12H2,1-2H3. The number of aryl methyl sites for hydroxylation is 1. The molecule has 1 heterocycles. The van der Waals surface area contributed by atoms with Gasteiger partial charge in [0.1, 0.15) is 0 Å². The Balaban J connectivity index is 1.86. The molecule has 18 heavy (non-hydrogen) atoms. The molecule has 0 amide bonds. The normalized spacial score (nSPS) is 21.8. The molecule has 0 spiro atoms. The van der Waals surface area contributed by atoms with E-state index in [1.54, 1.807) is 0 Å². The van der Waals surface area contributed by atoms with Gasteiger partial charge in [0.2, 0.25) is 0 Å². The predicted octanol–water partition coefficient (Wildman–Crippen LogP) is 3.60. The Hall–Kier alpha value is -0.860. The summed E-state index contributed by atoms with van der Waals surface area (Å²) >= 11 is 0. The van der Waals surface area contributed by atoms with Crippen LogP contribution in [0.15, 0.2) is 24.3 Å². The highest BCUT2D eigenvalue weighted by molar-refractivity contribution is 5.24. The molecule has 1 aromatic carbocycles. The van der Waals surface area contributed by atoms with E-state index >= 15 is 0 Å². The van der Waals surface area contributed by atoms with Crippen molar-refractivity contribution in [3.63, 3.8) is 0 Å². The molecular formula is C16H25NO. The summed E-state index contributed by atoms with van der Waals surface area (Å²) in [6, 6.07) is 9.31. The zero-order chi connectivity index (χ0) is 12.8. The maximum Gasteiger partial charge on any atom is 0.0575 e. The first-order chi connectivity index (χ1) is 8.79. The molecule has 0 aromatic heterocycles. The van der Waals surface area contributed by atoms with Gasteiger partial charge in [0.15, 0.2) is 0 Å². The van der Waals surface area contributed by atoms with Gasteiger partial charge in [-0.1, -0.05) is 29.8 Å². The van der Waals surface area contributed by atoms with E-state index in [-0.39, 0.29) is 0 Å². The van der Waals surface area contributed by atoms with Crippen LogP contribution < -0.4 is 5.32 Å². The van der Waals surface area contributed by atoms with Crippen LogP contribution in [0.1, 0.15) is 49.3 Å². The first-order valence-electron chi connectivity index (χ1n) is 7.15. The first kappa shape index (κ1) is 13.6. The highest BCUT2D eigenvalue weighted by atomic mass is 16.5. The van der Waals surface area contributed by atoms with Crippen LogP contribution in [-0.4, -0.2) is 19.8 Å². The van der Waals surface area contributed by atoms with E-state index in [0.29, 0.717) is 12.1 Å². The van der Waals surface area contributed by atoms with Crippen molar-refractivity contribution in [2.75, 3.05) is 13.7 Å². The van der Waals surface area contributed by atoms with Crippen molar-refractivity contribution >= 4 is 0 Å². The molecular weight excluding hydrogens is 222 g/mol. The van der Waals surface area contributed by atoms with E-state index < -0.39 is 0 Å². The van der Waals surface area contributed by atoms with Gasteiger partial charge in [-0.2, -0.15) is 0 Å². The predicted molar refractivity (Wildman–Crippen MR) is 75.8 cm³/mol. The van der Waals surface area contributed by atoms with Gasteiger partial charge in [-0.3, -0.25) is 0 Å². The summed E-state index contributed by atoms with van der Waals surface area (Å²) < 4.78 is 5.80. The smallest absolute Gasteiger partial charge is 0.0575 e. The summed E-state index contributed by atoms with van der Waals surface area (Å²) in [5, 5.41) is 3.42. The largest absolute Gasteiger partial charge is 0.378 e. The minimum atomic E-state index is 0.455. The second kappa shape index (κ2) is 6.91. The van der Waals surface area contributed by atoms with Crippen molar-refractivity contribution in [2.24, 2.45) is 0 Å². The Morgan fingerprint density at radius 3 is 2.67 bits per heavy atom. The maximum atomic E-state index is 5.80. The lowest BCUT2D eigenvalue weighted by Crippen LogP contribution is -2.23. The average molecular weight is 247 g/mol. The molecule has 1 aromatic rings. The molecule has 0 saturated carbocycles.